The number of pyridine rings is 1. The molecule has 0 radical (unpaired) electrons. The Morgan fingerprint density at radius 2 is 2.07 bits per heavy atom. The van der Waals surface area contributed by atoms with Gasteiger partial charge in [0, 0.05) is 48.8 Å². The van der Waals surface area contributed by atoms with E-state index in [0.29, 0.717) is 0 Å². The highest BCUT2D eigenvalue weighted by Gasteiger charge is 2.44. The fourth-order valence-electron chi connectivity index (χ4n) is 3.43. The van der Waals surface area contributed by atoms with E-state index in [1.54, 1.807) is 0 Å². The van der Waals surface area contributed by atoms with E-state index in [-0.39, 0.29) is 29.4 Å². The second-order valence-electron chi connectivity index (χ2n) is 7.09. The zero-order valence-electron chi connectivity index (χ0n) is 15.9. The maximum absolute atomic E-state index is 4.64. The normalized spacial score (nSPS) is 15.1. The Hall–Kier alpha value is -1.61. The number of benzene rings is 1. The summed E-state index contributed by atoms with van der Waals surface area (Å²) in [5.74, 6) is 0.847. The number of nitrogens with one attached hydrogen (secondary N) is 2. The number of aliphatic imine (C=N–C) groups is 1. The van der Waals surface area contributed by atoms with Crippen LogP contribution < -0.4 is 10.6 Å². The summed E-state index contributed by atoms with van der Waals surface area (Å²) < 4.78 is 3.19. The summed E-state index contributed by atoms with van der Waals surface area (Å²) in [5, 5.41) is 6.91. The number of nitrogens with zero attached hydrogens (tertiary/aromatic N) is 3. The lowest BCUT2D eigenvalue weighted by Crippen LogP contribution is -2.42. The van der Waals surface area contributed by atoms with Gasteiger partial charge in [-0.15, -0.1) is 24.0 Å². The summed E-state index contributed by atoms with van der Waals surface area (Å²) in [6, 6.07) is 14.7. The standard InChI is InChI=1S/C21H24BrN5.HI/c1-23-20(24-11-8-18-14-27-12-3-2-7-19(27)26-18)25-15-21(9-10-21)16-5-4-6-17(22)13-16;/h2-7,12-14H,8-11,15H2,1H3,(H2,23,24,25);1H. The quantitative estimate of drug-likeness (QED) is 0.274. The van der Waals surface area contributed by atoms with Crippen molar-refractivity contribution in [2.45, 2.75) is 24.7 Å². The van der Waals surface area contributed by atoms with Crippen LogP contribution in [0.4, 0.5) is 0 Å². The molecule has 2 aromatic heterocycles. The zero-order chi connectivity index (χ0) is 18.7. The molecule has 0 bridgehead atoms. The molecule has 1 aromatic carbocycles. The van der Waals surface area contributed by atoms with Crippen molar-refractivity contribution in [1.29, 1.82) is 0 Å². The van der Waals surface area contributed by atoms with Crippen molar-refractivity contribution in [2.75, 3.05) is 20.1 Å². The van der Waals surface area contributed by atoms with Crippen LogP contribution >= 0.6 is 39.9 Å². The first-order chi connectivity index (χ1) is 13.2. The minimum absolute atomic E-state index is 0. The van der Waals surface area contributed by atoms with Crippen LogP contribution in [-0.2, 0) is 11.8 Å². The summed E-state index contributed by atoms with van der Waals surface area (Å²) in [7, 11) is 1.82. The van der Waals surface area contributed by atoms with E-state index < -0.39 is 0 Å². The lowest BCUT2D eigenvalue weighted by Gasteiger charge is -2.19. The third kappa shape index (κ3) is 4.86. The molecule has 148 valence electrons. The third-order valence-corrected chi connectivity index (χ3v) is 5.69. The molecule has 0 amide bonds. The molecule has 2 heterocycles. The Balaban J connectivity index is 0.00000225. The lowest BCUT2D eigenvalue weighted by atomic mass is 9.96. The van der Waals surface area contributed by atoms with Gasteiger partial charge in [-0.2, -0.15) is 0 Å². The topological polar surface area (TPSA) is 53.7 Å². The average molecular weight is 554 g/mol. The van der Waals surface area contributed by atoms with Crippen LogP contribution in [0.2, 0.25) is 0 Å². The minimum atomic E-state index is 0. The largest absolute Gasteiger partial charge is 0.356 e. The van der Waals surface area contributed by atoms with E-state index in [1.165, 1.54) is 18.4 Å². The van der Waals surface area contributed by atoms with Gasteiger partial charge in [0.05, 0.1) is 5.69 Å². The molecule has 0 unspecified atom stereocenters. The monoisotopic (exact) mass is 553 g/mol. The highest BCUT2D eigenvalue weighted by Crippen LogP contribution is 2.48. The predicted molar refractivity (Wildman–Crippen MR) is 129 cm³/mol. The second kappa shape index (κ2) is 9.26. The van der Waals surface area contributed by atoms with E-state index in [2.05, 4.69) is 71.4 Å². The van der Waals surface area contributed by atoms with Gasteiger partial charge in [0.25, 0.3) is 0 Å². The van der Waals surface area contributed by atoms with E-state index in [1.807, 2.05) is 31.4 Å². The zero-order valence-corrected chi connectivity index (χ0v) is 19.8. The number of hydrogen-bond acceptors (Lipinski definition) is 2. The number of halogens is 2. The Kier molecular flexibility index (Phi) is 6.98. The lowest BCUT2D eigenvalue weighted by molar-refractivity contribution is 0.645. The Bertz CT molecular complexity index is 931. The van der Waals surface area contributed by atoms with Crippen LogP contribution in [0.1, 0.15) is 24.1 Å². The smallest absolute Gasteiger partial charge is 0.191 e. The van der Waals surface area contributed by atoms with E-state index in [0.717, 1.165) is 41.3 Å². The first kappa shape index (κ1) is 21.1. The van der Waals surface area contributed by atoms with Crippen LogP contribution in [0.3, 0.4) is 0 Å². The third-order valence-electron chi connectivity index (χ3n) is 5.20. The molecule has 0 atom stereocenters. The van der Waals surface area contributed by atoms with Crippen LogP contribution in [0.25, 0.3) is 5.65 Å². The average Bonchev–Trinajstić information content (AvgIpc) is 3.36. The molecule has 0 spiro atoms. The van der Waals surface area contributed by atoms with Crippen molar-refractivity contribution in [3.8, 4) is 0 Å². The van der Waals surface area contributed by atoms with Gasteiger partial charge in [0.15, 0.2) is 5.96 Å². The van der Waals surface area contributed by atoms with Gasteiger partial charge >= 0.3 is 0 Å². The van der Waals surface area contributed by atoms with Gasteiger partial charge in [0.1, 0.15) is 5.65 Å². The molecule has 4 rings (SSSR count). The summed E-state index contributed by atoms with van der Waals surface area (Å²) in [6.07, 6.45) is 7.40. The maximum Gasteiger partial charge on any atom is 0.191 e. The van der Waals surface area contributed by atoms with Crippen molar-refractivity contribution >= 4 is 51.5 Å². The summed E-state index contributed by atoms with van der Waals surface area (Å²) in [6.45, 7) is 1.70. The van der Waals surface area contributed by atoms with Gasteiger partial charge < -0.3 is 15.0 Å². The molecule has 3 aromatic rings. The molecule has 0 saturated heterocycles. The summed E-state index contributed by atoms with van der Waals surface area (Å²) >= 11 is 3.58. The molecule has 28 heavy (non-hydrogen) atoms. The fourth-order valence-corrected chi connectivity index (χ4v) is 3.83. The maximum atomic E-state index is 4.64. The van der Waals surface area contributed by atoms with Gasteiger partial charge in [0.2, 0.25) is 0 Å². The first-order valence-corrected chi connectivity index (χ1v) is 10.1. The van der Waals surface area contributed by atoms with E-state index in [9.17, 15) is 0 Å². The van der Waals surface area contributed by atoms with Gasteiger partial charge in [-0.3, -0.25) is 4.99 Å². The minimum Gasteiger partial charge on any atom is -0.356 e. The van der Waals surface area contributed by atoms with E-state index in [4.69, 9.17) is 0 Å². The fraction of sp³-hybridized carbons (Fsp3) is 0.333. The molecular weight excluding hydrogens is 529 g/mol. The van der Waals surface area contributed by atoms with Crippen molar-refractivity contribution in [1.82, 2.24) is 20.0 Å². The Labute approximate surface area is 191 Å². The van der Waals surface area contributed by atoms with Crippen LogP contribution in [0.15, 0.2) is 64.3 Å². The number of imidazole rings is 1. The van der Waals surface area contributed by atoms with Gasteiger partial charge in [-0.25, -0.2) is 4.98 Å². The highest BCUT2D eigenvalue weighted by atomic mass is 127. The number of hydrogen-bond donors (Lipinski definition) is 2. The number of rotatable bonds is 6. The molecule has 0 aliphatic heterocycles. The molecule has 1 saturated carbocycles. The molecule has 1 aliphatic carbocycles. The highest BCUT2D eigenvalue weighted by molar-refractivity contribution is 14.0. The van der Waals surface area contributed by atoms with Gasteiger partial charge in [-0.05, 0) is 42.7 Å². The molecule has 7 heteroatoms. The van der Waals surface area contributed by atoms with Gasteiger partial charge in [-0.1, -0.05) is 34.1 Å². The summed E-state index contributed by atoms with van der Waals surface area (Å²) in [4.78, 5) is 9.00. The summed E-state index contributed by atoms with van der Waals surface area (Å²) in [5.41, 5.74) is 3.70. The first-order valence-electron chi connectivity index (χ1n) is 9.32. The SMILES string of the molecule is CN=C(NCCc1cn2ccccc2n1)NCC1(c2cccc(Br)c2)CC1.I. The van der Waals surface area contributed by atoms with Crippen LogP contribution in [-0.4, -0.2) is 35.5 Å². The molecule has 5 nitrogen and oxygen atoms in total. The van der Waals surface area contributed by atoms with Crippen molar-refractivity contribution in [3.63, 3.8) is 0 Å². The van der Waals surface area contributed by atoms with Crippen molar-refractivity contribution < 1.29 is 0 Å². The van der Waals surface area contributed by atoms with Crippen LogP contribution in [0.5, 0.6) is 0 Å². The van der Waals surface area contributed by atoms with Crippen LogP contribution in [0, 0.1) is 0 Å². The van der Waals surface area contributed by atoms with Crippen molar-refractivity contribution in [2.24, 2.45) is 4.99 Å². The van der Waals surface area contributed by atoms with E-state index >= 15 is 0 Å². The Morgan fingerprint density at radius 3 is 2.79 bits per heavy atom. The number of aromatic nitrogens is 2. The number of guanidine groups is 1. The molecule has 2 N–H and O–H groups in total. The molecular formula is C21H25BrIN5. The second-order valence-corrected chi connectivity index (χ2v) is 8.01. The predicted octanol–water partition coefficient (Wildman–Crippen LogP) is 4.15. The number of fused-ring (bicyclic) bond motifs is 1. The molecule has 1 fully saturated rings. The Morgan fingerprint density at radius 1 is 1.21 bits per heavy atom. The van der Waals surface area contributed by atoms with Crippen molar-refractivity contribution in [3.05, 3.63) is 70.6 Å². The molecule has 1 aliphatic rings.